The predicted molar refractivity (Wildman–Crippen MR) is 78.8 cm³/mol. The second-order valence-corrected chi connectivity index (χ2v) is 6.79. The Hall–Kier alpha value is -0.770. The third kappa shape index (κ3) is 5.71. The van der Waals surface area contributed by atoms with Gasteiger partial charge in [0.1, 0.15) is 0 Å². The average Bonchev–Trinajstić information content (AvgIpc) is 2.58. The van der Waals surface area contributed by atoms with Crippen LogP contribution in [0.3, 0.4) is 0 Å². The molecule has 0 aliphatic carbocycles. The Morgan fingerprint density at radius 3 is 2.67 bits per heavy atom. The van der Waals surface area contributed by atoms with E-state index in [1.807, 2.05) is 0 Å². The smallest absolute Gasteiger partial charge is 0.189 e. The number of rotatable bonds is 4. The molecule has 1 rings (SSSR count). The van der Waals surface area contributed by atoms with E-state index >= 15 is 0 Å². The van der Waals surface area contributed by atoms with Crippen LogP contribution in [0.15, 0.2) is 4.99 Å². The summed E-state index contributed by atoms with van der Waals surface area (Å²) in [5, 5.41) is 3.21. The number of nitrogens with zero attached hydrogens (tertiary/aromatic N) is 2. The van der Waals surface area contributed by atoms with E-state index in [0.717, 1.165) is 12.5 Å². The summed E-state index contributed by atoms with van der Waals surface area (Å²) in [5.74, 6) is 1.29. The molecule has 1 atom stereocenters. The van der Waals surface area contributed by atoms with E-state index < -0.39 is 0 Å². The minimum absolute atomic E-state index is 0.0130. The van der Waals surface area contributed by atoms with Crippen molar-refractivity contribution in [2.24, 2.45) is 16.6 Å². The van der Waals surface area contributed by atoms with Crippen LogP contribution in [0.5, 0.6) is 0 Å². The Balaban J connectivity index is 2.44. The van der Waals surface area contributed by atoms with Crippen molar-refractivity contribution in [2.75, 3.05) is 19.6 Å². The van der Waals surface area contributed by atoms with Crippen molar-refractivity contribution >= 4 is 5.96 Å². The zero-order valence-corrected chi connectivity index (χ0v) is 12.7. The number of nitrogens with two attached hydrogens (primary N) is 1. The number of guanidine groups is 1. The molecule has 106 valence electrons. The number of hydrogen-bond acceptors (Lipinski definition) is 2. The Morgan fingerprint density at radius 2 is 2.11 bits per heavy atom. The number of likely N-dealkylation sites (tertiary alicyclic amines) is 1. The fourth-order valence-corrected chi connectivity index (χ4v) is 2.44. The van der Waals surface area contributed by atoms with E-state index in [2.05, 4.69) is 49.8 Å². The van der Waals surface area contributed by atoms with Crippen molar-refractivity contribution in [1.82, 2.24) is 10.2 Å². The second-order valence-electron chi connectivity index (χ2n) is 6.79. The molecule has 4 heteroatoms. The molecule has 0 unspecified atom stereocenters. The van der Waals surface area contributed by atoms with Gasteiger partial charge in [0.2, 0.25) is 0 Å². The van der Waals surface area contributed by atoms with Crippen molar-refractivity contribution in [3.8, 4) is 0 Å². The lowest BCUT2D eigenvalue weighted by Crippen LogP contribution is -2.45. The zero-order valence-electron chi connectivity index (χ0n) is 12.7. The van der Waals surface area contributed by atoms with Crippen LogP contribution < -0.4 is 11.1 Å². The third-order valence-corrected chi connectivity index (χ3v) is 3.07. The molecule has 0 aromatic rings. The first kappa shape index (κ1) is 15.3. The topological polar surface area (TPSA) is 53.6 Å². The standard InChI is InChI=1S/C14H30N4/c1-11(2)10-18-8-6-7-12(18)9-16-13(15)17-14(3,4)5/h11-12H,6-10H2,1-5H3,(H3,15,16,17)/t12-/m1/s1. The van der Waals surface area contributed by atoms with Crippen molar-refractivity contribution in [3.05, 3.63) is 0 Å². The van der Waals surface area contributed by atoms with Crippen LogP contribution in [0.2, 0.25) is 0 Å². The van der Waals surface area contributed by atoms with E-state index in [4.69, 9.17) is 5.73 Å². The number of nitrogens with one attached hydrogen (secondary N) is 1. The first-order valence-corrected chi connectivity index (χ1v) is 7.10. The van der Waals surface area contributed by atoms with E-state index in [1.165, 1.54) is 25.9 Å². The predicted octanol–water partition coefficient (Wildman–Crippen LogP) is 1.81. The van der Waals surface area contributed by atoms with Gasteiger partial charge < -0.3 is 11.1 Å². The molecule has 0 spiro atoms. The van der Waals surface area contributed by atoms with Gasteiger partial charge in [0.25, 0.3) is 0 Å². The molecule has 1 aliphatic heterocycles. The molecule has 1 aliphatic rings. The molecule has 1 heterocycles. The SMILES string of the molecule is CC(C)CN1CCC[C@@H]1CN=C(N)NC(C)(C)C. The van der Waals surface area contributed by atoms with E-state index in [9.17, 15) is 0 Å². The molecule has 0 aromatic heterocycles. The molecule has 18 heavy (non-hydrogen) atoms. The molecule has 0 bridgehead atoms. The van der Waals surface area contributed by atoms with Crippen LogP contribution >= 0.6 is 0 Å². The highest BCUT2D eigenvalue weighted by Gasteiger charge is 2.24. The number of aliphatic imine (C=N–C) groups is 1. The highest BCUT2D eigenvalue weighted by atomic mass is 15.2. The van der Waals surface area contributed by atoms with Gasteiger partial charge in [0, 0.05) is 18.1 Å². The minimum Gasteiger partial charge on any atom is -0.370 e. The lowest BCUT2D eigenvalue weighted by molar-refractivity contribution is 0.231. The van der Waals surface area contributed by atoms with E-state index in [0.29, 0.717) is 12.0 Å². The lowest BCUT2D eigenvalue weighted by Gasteiger charge is -2.25. The fraction of sp³-hybridized carbons (Fsp3) is 0.929. The first-order chi connectivity index (χ1) is 8.28. The van der Waals surface area contributed by atoms with Gasteiger partial charge in [-0.25, -0.2) is 0 Å². The highest BCUT2D eigenvalue weighted by molar-refractivity contribution is 5.78. The summed E-state index contributed by atoms with van der Waals surface area (Å²) in [7, 11) is 0. The Kier molecular flexibility index (Phi) is 5.45. The first-order valence-electron chi connectivity index (χ1n) is 7.10. The summed E-state index contributed by atoms with van der Waals surface area (Å²) >= 11 is 0. The summed E-state index contributed by atoms with van der Waals surface area (Å²) in [6, 6.07) is 0.577. The van der Waals surface area contributed by atoms with Crippen LogP contribution in [0, 0.1) is 5.92 Å². The molecule has 3 N–H and O–H groups in total. The van der Waals surface area contributed by atoms with Gasteiger partial charge in [0.15, 0.2) is 5.96 Å². The Bertz CT molecular complexity index is 278. The molecular weight excluding hydrogens is 224 g/mol. The van der Waals surface area contributed by atoms with Gasteiger partial charge >= 0.3 is 0 Å². The van der Waals surface area contributed by atoms with Gasteiger partial charge in [-0.2, -0.15) is 0 Å². The largest absolute Gasteiger partial charge is 0.370 e. The Labute approximate surface area is 112 Å². The molecule has 0 amide bonds. The fourth-order valence-electron chi connectivity index (χ4n) is 2.44. The quantitative estimate of drug-likeness (QED) is 0.594. The summed E-state index contributed by atoms with van der Waals surface area (Å²) in [6.07, 6.45) is 2.54. The monoisotopic (exact) mass is 254 g/mol. The lowest BCUT2D eigenvalue weighted by atomic mass is 10.1. The number of hydrogen-bond donors (Lipinski definition) is 2. The maximum atomic E-state index is 5.91. The van der Waals surface area contributed by atoms with Gasteiger partial charge in [-0.05, 0) is 46.1 Å². The molecule has 0 radical (unpaired) electrons. The van der Waals surface area contributed by atoms with Crippen LogP contribution in [0.1, 0.15) is 47.5 Å². The highest BCUT2D eigenvalue weighted by Crippen LogP contribution is 2.18. The maximum absolute atomic E-state index is 5.91. The molecule has 1 fully saturated rings. The Morgan fingerprint density at radius 1 is 1.44 bits per heavy atom. The van der Waals surface area contributed by atoms with E-state index in [-0.39, 0.29) is 5.54 Å². The van der Waals surface area contributed by atoms with Crippen LogP contribution in [-0.2, 0) is 0 Å². The van der Waals surface area contributed by atoms with Gasteiger partial charge in [-0.1, -0.05) is 13.8 Å². The summed E-state index contributed by atoms with van der Waals surface area (Å²) < 4.78 is 0. The second kappa shape index (κ2) is 6.41. The molecular formula is C14H30N4. The molecule has 0 aromatic carbocycles. The zero-order chi connectivity index (χ0) is 13.8. The van der Waals surface area contributed by atoms with Crippen LogP contribution in [-0.4, -0.2) is 42.1 Å². The molecule has 4 nitrogen and oxygen atoms in total. The maximum Gasteiger partial charge on any atom is 0.189 e. The van der Waals surface area contributed by atoms with Gasteiger partial charge in [0.05, 0.1) is 6.54 Å². The van der Waals surface area contributed by atoms with Crippen molar-refractivity contribution < 1.29 is 0 Å². The van der Waals surface area contributed by atoms with Crippen molar-refractivity contribution in [3.63, 3.8) is 0 Å². The molecule has 1 saturated heterocycles. The summed E-state index contributed by atoms with van der Waals surface area (Å²) in [5.41, 5.74) is 5.89. The molecule has 0 saturated carbocycles. The van der Waals surface area contributed by atoms with Crippen LogP contribution in [0.4, 0.5) is 0 Å². The normalized spacial score (nSPS) is 22.8. The third-order valence-electron chi connectivity index (χ3n) is 3.07. The van der Waals surface area contributed by atoms with E-state index in [1.54, 1.807) is 0 Å². The average molecular weight is 254 g/mol. The summed E-state index contributed by atoms with van der Waals surface area (Å²) in [6.45, 7) is 14.0. The van der Waals surface area contributed by atoms with Gasteiger partial charge in [-0.15, -0.1) is 0 Å². The van der Waals surface area contributed by atoms with Gasteiger partial charge in [-0.3, -0.25) is 9.89 Å². The van der Waals surface area contributed by atoms with Crippen molar-refractivity contribution in [2.45, 2.75) is 59.0 Å². The van der Waals surface area contributed by atoms with Crippen LogP contribution in [0.25, 0.3) is 0 Å². The minimum atomic E-state index is -0.0130. The summed E-state index contributed by atoms with van der Waals surface area (Å²) in [4.78, 5) is 7.04. The van der Waals surface area contributed by atoms with Crippen molar-refractivity contribution in [1.29, 1.82) is 0 Å².